The predicted octanol–water partition coefficient (Wildman–Crippen LogP) is 5.11. The van der Waals surface area contributed by atoms with Crippen LogP contribution in [0.2, 0.25) is 0 Å². The van der Waals surface area contributed by atoms with Gasteiger partial charge in [0.25, 0.3) is 0 Å². The highest BCUT2D eigenvalue weighted by molar-refractivity contribution is 8.00. The van der Waals surface area contributed by atoms with Gasteiger partial charge in [-0.15, -0.1) is 0 Å². The van der Waals surface area contributed by atoms with Gasteiger partial charge in [0.2, 0.25) is 11.8 Å². The first-order valence-electron chi connectivity index (χ1n) is 10.4. The summed E-state index contributed by atoms with van der Waals surface area (Å²) in [5.41, 5.74) is 4.10. The minimum atomic E-state index is -0.395. The van der Waals surface area contributed by atoms with Crippen LogP contribution in [0, 0.1) is 0 Å². The van der Waals surface area contributed by atoms with Crippen molar-refractivity contribution in [3.63, 3.8) is 0 Å². The van der Waals surface area contributed by atoms with Crippen LogP contribution in [-0.4, -0.2) is 33.7 Å². The Morgan fingerprint density at radius 1 is 0.939 bits per heavy atom. The maximum absolute atomic E-state index is 12.9. The van der Waals surface area contributed by atoms with Crippen LogP contribution in [0.1, 0.15) is 13.8 Å². The molecule has 8 heteroatoms. The van der Waals surface area contributed by atoms with Crippen molar-refractivity contribution in [3.05, 3.63) is 72.8 Å². The molecule has 4 aromatic rings. The molecule has 0 aliphatic carbocycles. The second-order valence-corrected chi connectivity index (χ2v) is 8.73. The van der Waals surface area contributed by atoms with Gasteiger partial charge >= 0.3 is 0 Å². The van der Waals surface area contributed by atoms with E-state index in [4.69, 9.17) is 9.72 Å². The molecule has 33 heavy (non-hydrogen) atoms. The molecule has 1 aromatic heterocycles. The number of benzene rings is 3. The third kappa shape index (κ3) is 5.18. The molecule has 1 atom stereocenters. The number of anilines is 2. The molecular weight excluding hydrogens is 436 g/mol. The molecule has 0 radical (unpaired) electrons. The first kappa shape index (κ1) is 22.4. The minimum Gasteiger partial charge on any atom is -0.497 e. The number of methoxy groups -OCH3 is 1. The van der Waals surface area contributed by atoms with Crippen LogP contribution in [0.4, 0.5) is 11.4 Å². The van der Waals surface area contributed by atoms with Gasteiger partial charge < -0.3 is 15.4 Å². The Hall–Kier alpha value is -3.78. The fourth-order valence-electron chi connectivity index (χ4n) is 3.36. The normalized spacial score (nSPS) is 11.7. The topological polar surface area (TPSA) is 85.2 Å². The van der Waals surface area contributed by atoms with Crippen molar-refractivity contribution in [2.24, 2.45) is 0 Å². The summed E-state index contributed by atoms with van der Waals surface area (Å²) >= 11 is 1.39. The Balaban J connectivity index is 1.55. The van der Waals surface area contributed by atoms with Crippen LogP contribution in [0.5, 0.6) is 5.75 Å². The lowest BCUT2D eigenvalue weighted by atomic mass is 10.2. The number of nitrogens with zero attached hydrogens (tertiary/aromatic N) is 2. The molecule has 2 N–H and O–H groups in total. The van der Waals surface area contributed by atoms with Crippen molar-refractivity contribution in [2.45, 2.75) is 24.3 Å². The van der Waals surface area contributed by atoms with E-state index in [1.807, 2.05) is 60.0 Å². The SMILES string of the molecule is COc1ccc(-n2c(S[C@@H](C)C(=O)Nc3ccc(NC(C)=O)cc3)nc3ccccc32)cc1. The maximum Gasteiger partial charge on any atom is 0.237 e. The van der Waals surface area contributed by atoms with Crippen LogP contribution in [0.25, 0.3) is 16.7 Å². The van der Waals surface area contributed by atoms with E-state index in [0.29, 0.717) is 11.4 Å². The summed E-state index contributed by atoms with van der Waals surface area (Å²) in [5, 5.41) is 5.96. The van der Waals surface area contributed by atoms with E-state index in [1.165, 1.54) is 18.7 Å². The average Bonchev–Trinajstić information content (AvgIpc) is 3.17. The maximum atomic E-state index is 12.9. The molecule has 168 valence electrons. The Labute approximate surface area is 196 Å². The smallest absolute Gasteiger partial charge is 0.237 e. The van der Waals surface area contributed by atoms with Crippen LogP contribution >= 0.6 is 11.8 Å². The number of imidazole rings is 1. The standard InChI is InChI=1S/C25H24N4O3S/c1-16(24(31)27-19-10-8-18(9-11-19)26-17(2)30)33-25-28-22-6-4-5-7-23(22)29(25)20-12-14-21(32-3)15-13-20/h4-16H,1-3H3,(H,26,30)(H,27,31)/t16-/m0/s1. The third-order valence-electron chi connectivity index (χ3n) is 4.98. The van der Waals surface area contributed by atoms with Crippen LogP contribution in [0.3, 0.4) is 0 Å². The molecule has 2 amide bonds. The van der Waals surface area contributed by atoms with Gasteiger partial charge in [0.15, 0.2) is 5.16 Å². The summed E-state index contributed by atoms with van der Waals surface area (Å²) in [6.07, 6.45) is 0. The number of hydrogen-bond donors (Lipinski definition) is 2. The Bertz CT molecular complexity index is 1280. The van der Waals surface area contributed by atoms with Crippen molar-refractivity contribution >= 4 is 46.0 Å². The van der Waals surface area contributed by atoms with Gasteiger partial charge in [0.1, 0.15) is 5.75 Å². The van der Waals surface area contributed by atoms with E-state index in [-0.39, 0.29) is 11.8 Å². The van der Waals surface area contributed by atoms with Crippen LogP contribution < -0.4 is 15.4 Å². The van der Waals surface area contributed by atoms with Crippen molar-refractivity contribution in [1.29, 1.82) is 0 Å². The van der Waals surface area contributed by atoms with Gasteiger partial charge in [-0.2, -0.15) is 0 Å². The molecular formula is C25H24N4O3S. The summed E-state index contributed by atoms with van der Waals surface area (Å²) in [5.74, 6) is 0.492. The van der Waals surface area contributed by atoms with Gasteiger partial charge in [-0.05, 0) is 67.6 Å². The van der Waals surface area contributed by atoms with E-state index < -0.39 is 5.25 Å². The predicted molar refractivity (Wildman–Crippen MR) is 132 cm³/mol. The lowest BCUT2D eigenvalue weighted by Gasteiger charge is -2.14. The number of nitrogens with one attached hydrogen (secondary N) is 2. The lowest BCUT2D eigenvalue weighted by Crippen LogP contribution is -2.22. The third-order valence-corrected chi connectivity index (χ3v) is 6.04. The summed E-state index contributed by atoms with van der Waals surface area (Å²) < 4.78 is 7.33. The quantitative estimate of drug-likeness (QED) is 0.374. The number of fused-ring (bicyclic) bond motifs is 1. The molecule has 0 aliphatic heterocycles. The second kappa shape index (κ2) is 9.79. The Morgan fingerprint density at radius 2 is 1.58 bits per heavy atom. The zero-order chi connectivity index (χ0) is 23.4. The van der Waals surface area contributed by atoms with E-state index in [2.05, 4.69) is 10.6 Å². The number of carbonyl (C=O) groups is 2. The van der Waals surface area contributed by atoms with Crippen molar-refractivity contribution in [1.82, 2.24) is 9.55 Å². The molecule has 0 aliphatic rings. The summed E-state index contributed by atoms with van der Waals surface area (Å²) in [6.45, 7) is 3.30. The van der Waals surface area contributed by atoms with Gasteiger partial charge in [-0.25, -0.2) is 4.98 Å². The summed E-state index contributed by atoms with van der Waals surface area (Å²) in [6, 6.07) is 22.6. The fourth-order valence-corrected chi connectivity index (χ4v) is 4.30. The first-order valence-corrected chi connectivity index (χ1v) is 11.3. The fraction of sp³-hybridized carbons (Fsp3) is 0.160. The molecule has 0 bridgehead atoms. The minimum absolute atomic E-state index is 0.138. The lowest BCUT2D eigenvalue weighted by molar-refractivity contribution is -0.115. The van der Waals surface area contributed by atoms with Crippen molar-refractivity contribution in [3.8, 4) is 11.4 Å². The summed E-state index contributed by atoms with van der Waals surface area (Å²) in [4.78, 5) is 28.8. The van der Waals surface area contributed by atoms with E-state index in [0.717, 1.165) is 27.6 Å². The highest BCUT2D eigenvalue weighted by Gasteiger charge is 2.20. The molecule has 0 saturated carbocycles. The van der Waals surface area contributed by atoms with Crippen LogP contribution in [0.15, 0.2) is 78.0 Å². The number of thioether (sulfide) groups is 1. The largest absolute Gasteiger partial charge is 0.497 e. The molecule has 0 unspecified atom stereocenters. The number of para-hydroxylation sites is 2. The highest BCUT2D eigenvalue weighted by atomic mass is 32.2. The van der Waals surface area contributed by atoms with E-state index >= 15 is 0 Å². The number of carbonyl (C=O) groups excluding carboxylic acids is 2. The Morgan fingerprint density at radius 3 is 2.21 bits per heavy atom. The van der Waals surface area contributed by atoms with Gasteiger partial charge in [0, 0.05) is 24.0 Å². The van der Waals surface area contributed by atoms with Gasteiger partial charge in [0.05, 0.1) is 23.4 Å². The molecule has 4 rings (SSSR count). The molecule has 0 spiro atoms. The number of hydrogen-bond acceptors (Lipinski definition) is 5. The number of amides is 2. The second-order valence-electron chi connectivity index (χ2n) is 7.42. The zero-order valence-electron chi connectivity index (χ0n) is 18.5. The molecule has 1 heterocycles. The molecule has 7 nitrogen and oxygen atoms in total. The number of aromatic nitrogens is 2. The Kier molecular flexibility index (Phi) is 6.65. The monoisotopic (exact) mass is 460 g/mol. The first-order chi connectivity index (χ1) is 15.9. The van der Waals surface area contributed by atoms with E-state index in [9.17, 15) is 9.59 Å². The summed E-state index contributed by atoms with van der Waals surface area (Å²) in [7, 11) is 1.64. The number of ether oxygens (including phenoxy) is 1. The zero-order valence-corrected chi connectivity index (χ0v) is 19.3. The molecule has 3 aromatic carbocycles. The molecule has 0 fully saturated rings. The number of rotatable bonds is 7. The highest BCUT2D eigenvalue weighted by Crippen LogP contribution is 2.31. The van der Waals surface area contributed by atoms with Crippen molar-refractivity contribution < 1.29 is 14.3 Å². The van der Waals surface area contributed by atoms with Crippen molar-refractivity contribution in [2.75, 3.05) is 17.7 Å². The van der Waals surface area contributed by atoms with Crippen LogP contribution in [-0.2, 0) is 9.59 Å². The molecule has 0 saturated heterocycles. The average molecular weight is 461 g/mol. The van der Waals surface area contributed by atoms with Gasteiger partial charge in [-0.1, -0.05) is 23.9 Å². The van der Waals surface area contributed by atoms with Gasteiger partial charge in [-0.3, -0.25) is 14.2 Å². The van der Waals surface area contributed by atoms with E-state index in [1.54, 1.807) is 31.4 Å².